The third kappa shape index (κ3) is 4.81. The van der Waals surface area contributed by atoms with Crippen LogP contribution < -0.4 is 0 Å². The number of carbonyl (C=O) groups excluding carboxylic acids is 1. The van der Waals surface area contributed by atoms with E-state index >= 15 is 0 Å². The highest BCUT2D eigenvalue weighted by atomic mass is 32.2. The van der Waals surface area contributed by atoms with Crippen molar-refractivity contribution in [3.05, 3.63) is 60.8 Å². The average molecular weight is 496 g/mol. The Morgan fingerprint density at radius 1 is 1.06 bits per heavy atom. The summed E-state index contributed by atoms with van der Waals surface area (Å²) >= 11 is 0. The molecule has 0 unspecified atom stereocenters. The maximum absolute atomic E-state index is 13.3. The first-order valence-electron chi connectivity index (χ1n) is 11.8. The smallest absolute Gasteiger partial charge is 0.248 e. The number of sulfonamides is 1. The molecule has 1 spiro atoms. The standard InChI is InChI=1S/C26H29N3O5S/c1-33-16-15-28-19-26(34-18-25(28)30)10-13-29(14-11-26)35(31,32)23-8-6-20(7-9-23)22-5-4-21-3-2-12-27-24(21)17-22/h2-9,12,17H,10-11,13-16,18-19H2,1H3. The molecular formula is C26H29N3O5S. The molecule has 1 aromatic heterocycles. The fraction of sp³-hybridized carbons (Fsp3) is 0.385. The topological polar surface area (TPSA) is 89.0 Å². The molecule has 2 saturated heterocycles. The summed E-state index contributed by atoms with van der Waals surface area (Å²) < 4.78 is 39.2. The second-order valence-corrected chi connectivity index (χ2v) is 11.1. The van der Waals surface area contributed by atoms with Gasteiger partial charge in [0.05, 0.1) is 22.6 Å². The van der Waals surface area contributed by atoms with E-state index in [0.29, 0.717) is 45.6 Å². The number of benzene rings is 2. The van der Waals surface area contributed by atoms with E-state index in [2.05, 4.69) is 4.98 Å². The number of morpholine rings is 1. The van der Waals surface area contributed by atoms with Gasteiger partial charge in [0.2, 0.25) is 15.9 Å². The van der Waals surface area contributed by atoms with Gasteiger partial charge in [-0.1, -0.05) is 30.3 Å². The van der Waals surface area contributed by atoms with Crippen LogP contribution in [0.2, 0.25) is 0 Å². The summed E-state index contributed by atoms with van der Waals surface area (Å²) in [5.41, 5.74) is 2.32. The second kappa shape index (κ2) is 9.66. The van der Waals surface area contributed by atoms with E-state index in [1.54, 1.807) is 30.3 Å². The van der Waals surface area contributed by atoms with E-state index in [1.807, 2.05) is 42.5 Å². The molecule has 35 heavy (non-hydrogen) atoms. The van der Waals surface area contributed by atoms with Crippen molar-refractivity contribution in [3.8, 4) is 11.1 Å². The number of nitrogens with zero attached hydrogens (tertiary/aromatic N) is 3. The van der Waals surface area contributed by atoms with Gasteiger partial charge in [-0.05, 0) is 48.2 Å². The molecule has 8 nitrogen and oxygen atoms in total. The van der Waals surface area contributed by atoms with Crippen LogP contribution in [0.25, 0.3) is 22.0 Å². The minimum atomic E-state index is -3.62. The van der Waals surface area contributed by atoms with Crippen molar-refractivity contribution < 1.29 is 22.7 Å². The zero-order chi connectivity index (χ0) is 24.5. The average Bonchev–Trinajstić information content (AvgIpc) is 2.89. The fourth-order valence-corrected chi connectivity index (χ4v) is 6.29. The van der Waals surface area contributed by atoms with Crippen LogP contribution in [0, 0.1) is 0 Å². The van der Waals surface area contributed by atoms with Crippen molar-refractivity contribution in [2.24, 2.45) is 0 Å². The molecule has 2 aliphatic rings. The van der Waals surface area contributed by atoms with Gasteiger partial charge in [-0.25, -0.2) is 8.42 Å². The van der Waals surface area contributed by atoms with Crippen molar-refractivity contribution >= 4 is 26.8 Å². The van der Waals surface area contributed by atoms with Crippen LogP contribution in [0.3, 0.4) is 0 Å². The number of hydrogen-bond donors (Lipinski definition) is 0. The molecule has 2 aliphatic heterocycles. The second-order valence-electron chi connectivity index (χ2n) is 9.12. The number of piperidine rings is 1. The van der Waals surface area contributed by atoms with E-state index in [4.69, 9.17) is 9.47 Å². The third-order valence-corrected chi connectivity index (χ3v) is 8.88. The molecule has 3 heterocycles. The lowest BCUT2D eigenvalue weighted by Crippen LogP contribution is -2.59. The first-order valence-corrected chi connectivity index (χ1v) is 13.2. The number of pyridine rings is 1. The summed E-state index contributed by atoms with van der Waals surface area (Å²) in [5.74, 6) is -0.0509. The van der Waals surface area contributed by atoms with Gasteiger partial charge < -0.3 is 14.4 Å². The summed E-state index contributed by atoms with van der Waals surface area (Å²) in [6.07, 6.45) is 2.86. The van der Waals surface area contributed by atoms with Gasteiger partial charge in [-0.15, -0.1) is 0 Å². The zero-order valence-corrected chi connectivity index (χ0v) is 20.5. The number of fused-ring (bicyclic) bond motifs is 1. The van der Waals surface area contributed by atoms with Crippen molar-refractivity contribution in [1.29, 1.82) is 0 Å². The van der Waals surface area contributed by atoms with Crippen LogP contribution in [-0.2, 0) is 24.3 Å². The van der Waals surface area contributed by atoms with Crippen molar-refractivity contribution in [2.75, 3.05) is 46.5 Å². The van der Waals surface area contributed by atoms with Crippen LogP contribution in [0.4, 0.5) is 0 Å². The summed E-state index contributed by atoms with van der Waals surface area (Å²) in [4.78, 5) is 18.6. The Kier molecular flexibility index (Phi) is 6.59. The zero-order valence-electron chi connectivity index (χ0n) is 19.7. The van der Waals surface area contributed by atoms with Gasteiger partial charge in [0, 0.05) is 44.9 Å². The molecule has 0 aliphatic carbocycles. The van der Waals surface area contributed by atoms with Crippen molar-refractivity contribution in [3.63, 3.8) is 0 Å². The molecule has 0 N–H and O–H groups in total. The number of methoxy groups -OCH3 is 1. The summed E-state index contributed by atoms with van der Waals surface area (Å²) in [6.45, 7) is 2.19. The minimum absolute atomic E-state index is 0.0300. The number of rotatable bonds is 6. The van der Waals surface area contributed by atoms with E-state index in [0.717, 1.165) is 22.0 Å². The van der Waals surface area contributed by atoms with Crippen LogP contribution >= 0.6 is 0 Å². The number of hydrogen-bond acceptors (Lipinski definition) is 6. The maximum Gasteiger partial charge on any atom is 0.248 e. The Morgan fingerprint density at radius 2 is 1.80 bits per heavy atom. The highest BCUT2D eigenvalue weighted by Crippen LogP contribution is 2.33. The van der Waals surface area contributed by atoms with Gasteiger partial charge in [0.1, 0.15) is 6.61 Å². The predicted octanol–water partition coefficient (Wildman–Crippen LogP) is 2.93. The summed E-state index contributed by atoms with van der Waals surface area (Å²) in [7, 11) is -2.02. The number of ether oxygens (including phenoxy) is 2. The largest absolute Gasteiger partial charge is 0.383 e. The Balaban J connectivity index is 1.27. The van der Waals surface area contributed by atoms with E-state index in [-0.39, 0.29) is 17.4 Å². The van der Waals surface area contributed by atoms with Gasteiger partial charge in [0.15, 0.2) is 0 Å². The molecule has 0 saturated carbocycles. The fourth-order valence-electron chi connectivity index (χ4n) is 4.84. The Morgan fingerprint density at radius 3 is 2.54 bits per heavy atom. The number of amides is 1. The van der Waals surface area contributed by atoms with Gasteiger partial charge in [0.25, 0.3) is 0 Å². The monoisotopic (exact) mass is 495 g/mol. The first-order chi connectivity index (χ1) is 16.9. The lowest BCUT2D eigenvalue weighted by atomic mass is 9.90. The summed E-state index contributed by atoms with van der Waals surface area (Å²) in [6, 6.07) is 17.0. The summed E-state index contributed by atoms with van der Waals surface area (Å²) in [5, 5.41) is 1.06. The molecule has 184 valence electrons. The number of aromatic nitrogens is 1. The lowest BCUT2D eigenvalue weighted by Gasteiger charge is -2.46. The molecule has 0 radical (unpaired) electrons. The molecule has 0 bridgehead atoms. The normalized spacial score (nSPS) is 18.9. The van der Waals surface area contributed by atoms with Gasteiger partial charge in [-0.2, -0.15) is 4.31 Å². The molecule has 3 aromatic rings. The van der Waals surface area contributed by atoms with Gasteiger partial charge in [-0.3, -0.25) is 9.78 Å². The Hall–Kier alpha value is -2.85. The molecule has 2 aromatic carbocycles. The molecule has 2 fully saturated rings. The van der Waals surface area contributed by atoms with Crippen LogP contribution in [0.1, 0.15) is 12.8 Å². The van der Waals surface area contributed by atoms with E-state index < -0.39 is 15.6 Å². The highest BCUT2D eigenvalue weighted by Gasteiger charge is 2.44. The first kappa shape index (κ1) is 23.9. The van der Waals surface area contributed by atoms with Crippen LogP contribution in [0.5, 0.6) is 0 Å². The molecular weight excluding hydrogens is 466 g/mol. The van der Waals surface area contributed by atoms with E-state index in [9.17, 15) is 13.2 Å². The van der Waals surface area contributed by atoms with Crippen LogP contribution in [-0.4, -0.2) is 80.6 Å². The molecule has 0 atom stereocenters. The molecule has 9 heteroatoms. The Labute approximate surface area is 205 Å². The van der Waals surface area contributed by atoms with Crippen molar-refractivity contribution in [1.82, 2.24) is 14.2 Å². The van der Waals surface area contributed by atoms with Crippen LogP contribution in [0.15, 0.2) is 65.7 Å². The quantitative estimate of drug-likeness (QED) is 0.523. The SMILES string of the molecule is COCCN1CC2(CCN(S(=O)(=O)c3ccc(-c4ccc5cccnc5c4)cc3)CC2)OCC1=O. The maximum atomic E-state index is 13.3. The van der Waals surface area contributed by atoms with Crippen molar-refractivity contribution in [2.45, 2.75) is 23.3 Å². The minimum Gasteiger partial charge on any atom is -0.383 e. The molecule has 5 rings (SSSR count). The third-order valence-electron chi connectivity index (χ3n) is 6.96. The number of carbonyl (C=O) groups is 1. The predicted molar refractivity (Wildman–Crippen MR) is 132 cm³/mol. The van der Waals surface area contributed by atoms with E-state index in [1.165, 1.54) is 4.31 Å². The molecule has 1 amide bonds. The lowest BCUT2D eigenvalue weighted by molar-refractivity contribution is -0.170. The van der Waals surface area contributed by atoms with Gasteiger partial charge >= 0.3 is 0 Å². The Bertz CT molecular complexity index is 1320. The highest BCUT2D eigenvalue weighted by molar-refractivity contribution is 7.89.